The van der Waals surface area contributed by atoms with Crippen molar-refractivity contribution in [2.75, 3.05) is 19.3 Å². The molecule has 0 saturated heterocycles. The second-order valence-corrected chi connectivity index (χ2v) is 5.92. The minimum absolute atomic E-state index is 0.132. The van der Waals surface area contributed by atoms with Crippen molar-refractivity contribution in [3.8, 4) is 0 Å². The highest BCUT2D eigenvalue weighted by Crippen LogP contribution is 2.06. The molecule has 0 aliphatic heterocycles. The summed E-state index contributed by atoms with van der Waals surface area (Å²) in [5, 5.41) is 2.75. The molecule has 5 nitrogen and oxygen atoms in total. The van der Waals surface area contributed by atoms with E-state index in [1.807, 2.05) is 25.1 Å². The van der Waals surface area contributed by atoms with Gasteiger partial charge in [0.2, 0.25) is 10.0 Å². The van der Waals surface area contributed by atoms with Crippen LogP contribution >= 0.6 is 0 Å². The highest BCUT2D eigenvalue weighted by molar-refractivity contribution is 7.88. The van der Waals surface area contributed by atoms with Gasteiger partial charge < -0.3 is 5.32 Å². The van der Waals surface area contributed by atoms with Crippen molar-refractivity contribution in [2.45, 2.75) is 13.3 Å². The molecule has 2 N–H and O–H groups in total. The van der Waals surface area contributed by atoms with Crippen LogP contribution in [0, 0.1) is 6.92 Å². The maximum atomic E-state index is 11.8. The van der Waals surface area contributed by atoms with Crippen LogP contribution in [0.5, 0.6) is 0 Å². The molecule has 0 spiro atoms. The van der Waals surface area contributed by atoms with Gasteiger partial charge in [-0.1, -0.05) is 18.2 Å². The third-order valence-corrected chi connectivity index (χ3v) is 3.12. The highest BCUT2D eigenvalue weighted by atomic mass is 32.2. The molecule has 0 bridgehead atoms. The maximum absolute atomic E-state index is 11.8. The van der Waals surface area contributed by atoms with Crippen LogP contribution in [0.15, 0.2) is 24.3 Å². The Morgan fingerprint density at radius 2 is 1.89 bits per heavy atom. The van der Waals surface area contributed by atoms with E-state index in [-0.39, 0.29) is 5.91 Å². The zero-order chi connectivity index (χ0) is 13.6. The first-order valence-corrected chi connectivity index (χ1v) is 7.58. The second-order valence-electron chi connectivity index (χ2n) is 4.09. The molecule has 0 aliphatic carbocycles. The summed E-state index contributed by atoms with van der Waals surface area (Å²) in [6.07, 6.45) is 1.67. The summed E-state index contributed by atoms with van der Waals surface area (Å²) < 4.78 is 24.0. The van der Waals surface area contributed by atoms with Crippen molar-refractivity contribution >= 4 is 15.9 Å². The Hall–Kier alpha value is -1.40. The lowest BCUT2D eigenvalue weighted by atomic mass is 10.1. The van der Waals surface area contributed by atoms with Crippen molar-refractivity contribution in [2.24, 2.45) is 0 Å². The molecular weight excluding hydrogens is 252 g/mol. The van der Waals surface area contributed by atoms with E-state index in [2.05, 4.69) is 10.0 Å². The molecule has 1 amide bonds. The Bertz CT molecular complexity index is 512. The van der Waals surface area contributed by atoms with Crippen LogP contribution in [0.3, 0.4) is 0 Å². The number of carbonyl (C=O) groups excluding carboxylic acids is 1. The van der Waals surface area contributed by atoms with Crippen molar-refractivity contribution in [3.63, 3.8) is 0 Å². The number of hydrogen-bond acceptors (Lipinski definition) is 3. The van der Waals surface area contributed by atoms with Gasteiger partial charge >= 0.3 is 0 Å². The summed E-state index contributed by atoms with van der Waals surface area (Å²) in [4.78, 5) is 11.8. The number of benzene rings is 1. The smallest absolute Gasteiger partial charge is 0.251 e. The predicted molar refractivity (Wildman–Crippen MR) is 71.0 cm³/mol. The topological polar surface area (TPSA) is 75.3 Å². The minimum Gasteiger partial charge on any atom is -0.352 e. The van der Waals surface area contributed by atoms with Gasteiger partial charge in [-0.05, 0) is 25.0 Å². The minimum atomic E-state index is -3.15. The largest absolute Gasteiger partial charge is 0.352 e. The van der Waals surface area contributed by atoms with E-state index in [0.29, 0.717) is 25.1 Å². The first kappa shape index (κ1) is 14.7. The number of rotatable bonds is 6. The lowest BCUT2D eigenvalue weighted by molar-refractivity contribution is 0.0953. The van der Waals surface area contributed by atoms with Gasteiger partial charge in [0.05, 0.1) is 6.26 Å². The van der Waals surface area contributed by atoms with Gasteiger partial charge in [0, 0.05) is 18.7 Å². The lowest BCUT2D eigenvalue weighted by Gasteiger charge is -2.07. The molecule has 0 unspecified atom stereocenters. The summed E-state index contributed by atoms with van der Waals surface area (Å²) >= 11 is 0. The molecule has 18 heavy (non-hydrogen) atoms. The third-order valence-electron chi connectivity index (χ3n) is 2.39. The first-order valence-electron chi connectivity index (χ1n) is 5.68. The number of sulfonamides is 1. The fraction of sp³-hybridized carbons (Fsp3) is 0.417. The molecule has 0 fully saturated rings. The highest BCUT2D eigenvalue weighted by Gasteiger charge is 2.07. The van der Waals surface area contributed by atoms with Gasteiger partial charge in [0.1, 0.15) is 0 Å². The molecule has 0 heterocycles. The fourth-order valence-corrected chi connectivity index (χ4v) is 1.99. The summed E-state index contributed by atoms with van der Waals surface area (Å²) in [6, 6.07) is 7.33. The van der Waals surface area contributed by atoms with Crippen LogP contribution in [0.4, 0.5) is 0 Å². The molecule has 0 atom stereocenters. The average molecular weight is 270 g/mol. The molecule has 0 saturated carbocycles. The Kier molecular flexibility index (Phi) is 5.30. The van der Waals surface area contributed by atoms with E-state index >= 15 is 0 Å². The fourth-order valence-electron chi connectivity index (χ4n) is 1.47. The van der Waals surface area contributed by atoms with E-state index in [0.717, 1.165) is 11.8 Å². The van der Waals surface area contributed by atoms with Crippen LogP contribution in [0.1, 0.15) is 22.3 Å². The molecule has 100 valence electrons. The zero-order valence-electron chi connectivity index (χ0n) is 10.6. The van der Waals surface area contributed by atoms with Gasteiger partial charge in [-0.25, -0.2) is 13.1 Å². The predicted octanol–water partition coefficient (Wildman–Crippen LogP) is 0.664. The molecule has 1 rings (SSSR count). The van der Waals surface area contributed by atoms with Crippen LogP contribution < -0.4 is 10.0 Å². The molecule has 6 heteroatoms. The first-order chi connectivity index (χ1) is 8.40. The maximum Gasteiger partial charge on any atom is 0.251 e. The van der Waals surface area contributed by atoms with E-state index in [1.165, 1.54) is 0 Å². The third kappa shape index (κ3) is 5.29. The van der Waals surface area contributed by atoms with Crippen LogP contribution in [-0.4, -0.2) is 33.7 Å². The standard InChI is InChI=1S/C12H18N2O3S/c1-10-6-3-4-7-11(10)12(15)13-8-5-9-14-18(2,16)17/h3-4,6-7,14H,5,8-9H2,1-2H3,(H,13,15). The van der Waals surface area contributed by atoms with Crippen LogP contribution in [-0.2, 0) is 10.0 Å². The molecule has 1 aromatic rings. The van der Waals surface area contributed by atoms with E-state index in [1.54, 1.807) is 6.07 Å². The Morgan fingerprint density at radius 1 is 1.22 bits per heavy atom. The summed E-state index contributed by atoms with van der Waals surface area (Å²) in [5.74, 6) is -0.132. The van der Waals surface area contributed by atoms with E-state index in [9.17, 15) is 13.2 Å². The number of hydrogen-bond donors (Lipinski definition) is 2. The van der Waals surface area contributed by atoms with Crippen molar-refractivity contribution in [3.05, 3.63) is 35.4 Å². The van der Waals surface area contributed by atoms with Gasteiger partial charge in [-0.3, -0.25) is 4.79 Å². The number of amides is 1. The lowest BCUT2D eigenvalue weighted by Crippen LogP contribution is -2.29. The van der Waals surface area contributed by atoms with Gasteiger partial charge in [0.25, 0.3) is 5.91 Å². The summed E-state index contributed by atoms with van der Waals surface area (Å²) in [5.41, 5.74) is 1.57. The Labute approximate surface area is 108 Å². The van der Waals surface area contributed by atoms with Crippen LogP contribution in [0.2, 0.25) is 0 Å². The van der Waals surface area contributed by atoms with Crippen LogP contribution in [0.25, 0.3) is 0 Å². The SMILES string of the molecule is Cc1ccccc1C(=O)NCCCNS(C)(=O)=O. The second kappa shape index (κ2) is 6.51. The zero-order valence-corrected chi connectivity index (χ0v) is 11.4. The molecule has 1 aromatic carbocycles. The number of aryl methyl sites for hydroxylation is 1. The normalized spacial score (nSPS) is 11.2. The monoisotopic (exact) mass is 270 g/mol. The number of carbonyl (C=O) groups is 1. The Balaban J connectivity index is 2.33. The van der Waals surface area contributed by atoms with Crippen molar-refractivity contribution in [1.82, 2.24) is 10.0 Å². The molecule has 0 aliphatic rings. The average Bonchev–Trinajstić information content (AvgIpc) is 2.27. The van der Waals surface area contributed by atoms with Crippen molar-refractivity contribution < 1.29 is 13.2 Å². The summed E-state index contributed by atoms with van der Waals surface area (Å²) in [7, 11) is -3.15. The molecule has 0 radical (unpaired) electrons. The number of nitrogens with one attached hydrogen (secondary N) is 2. The Morgan fingerprint density at radius 3 is 2.50 bits per heavy atom. The van der Waals surface area contributed by atoms with Gasteiger partial charge in [-0.2, -0.15) is 0 Å². The molecule has 0 aromatic heterocycles. The summed E-state index contributed by atoms with van der Waals surface area (Å²) in [6.45, 7) is 2.64. The quantitative estimate of drug-likeness (QED) is 0.746. The van der Waals surface area contributed by atoms with E-state index in [4.69, 9.17) is 0 Å². The van der Waals surface area contributed by atoms with Crippen molar-refractivity contribution in [1.29, 1.82) is 0 Å². The van der Waals surface area contributed by atoms with E-state index < -0.39 is 10.0 Å². The van der Waals surface area contributed by atoms with Gasteiger partial charge in [-0.15, -0.1) is 0 Å². The van der Waals surface area contributed by atoms with Gasteiger partial charge in [0.15, 0.2) is 0 Å². The molecular formula is C12H18N2O3S.